The van der Waals surface area contributed by atoms with Crippen molar-refractivity contribution in [1.82, 2.24) is 24.4 Å². The Labute approximate surface area is 200 Å². The molecule has 0 bridgehead atoms. The SMILES string of the molecule is CC(C)OC(=O)N(OC(=O)N(C)c1nc2ccccc2n1C(=O)N(C)C)c1nc2ccccc2[nH]1. The molecule has 4 rings (SSSR count). The molecule has 4 aromatic rings. The van der Waals surface area contributed by atoms with Crippen molar-refractivity contribution >= 4 is 52.2 Å². The predicted octanol–water partition coefficient (Wildman–Crippen LogP) is 3.98. The van der Waals surface area contributed by atoms with Crippen molar-refractivity contribution in [1.29, 1.82) is 0 Å². The fourth-order valence-electron chi connectivity index (χ4n) is 3.30. The Morgan fingerprint density at radius 2 is 1.57 bits per heavy atom. The van der Waals surface area contributed by atoms with Gasteiger partial charge in [-0.1, -0.05) is 29.3 Å². The van der Waals surface area contributed by atoms with Crippen LogP contribution in [-0.4, -0.2) is 69.9 Å². The van der Waals surface area contributed by atoms with Crippen molar-refractivity contribution in [3.05, 3.63) is 48.5 Å². The van der Waals surface area contributed by atoms with E-state index < -0.39 is 24.3 Å². The number of rotatable bonds is 3. The second-order valence-corrected chi connectivity index (χ2v) is 8.13. The highest BCUT2D eigenvalue weighted by molar-refractivity contribution is 5.98. The van der Waals surface area contributed by atoms with E-state index in [0.29, 0.717) is 27.1 Å². The number of carbonyl (C=O) groups excluding carboxylic acids is 3. The molecule has 35 heavy (non-hydrogen) atoms. The van der Waals surface area contributed by atoms with Gasteiger partial charge in [0.05, 0.1) is 28.2 Å². The molecule has 0 aliphatic carbocycles. The number of carbonyl (C=O) groups is 3. The maximum Gasteiger partial charge on any atom is 0.451 e. The largest absolute Gasteiger partial charge is 0.451 e. The zero-order chi connectivity index (χ0) is 25.3. The Morgan fingerprint density at radius 1 is 0.914 bits per heavy atom. The number of hydroxylamine groups is 1. The summed E-state index contributed by atoms with van der Waals surface area (Å²) in [7, 11) is 4.56. The summed E-state index contributed by atoms with van der Waals surface area (Å²) in [6.07, 6.45) is -2.42. The van der Waals surface area contributed by atoms with Crippen molar-refractivity contribution < 1.29 is 24.0 Å². The Balaban J connectivity index is 1.70. The van der Waals surface area contributed by atoms with Crippen molar-refractivity contribution in [3.8, 4) is 0 Å². The number of hydrogen-bond acceptors (Lipinski definition) is 7. The van der Waals surface area contributed by atoms with Crippen molar-refractivity contribution in [2.75, 3.05) is 31.1 Å². The maximum atomic E-state index is 13.2. The van der Waals surface area contributed by atoms with Crippen LogP contribution in [0.4, 0.5) is 26.3 Å². The molecule has 0 spiro atoms. The number of aromatic nitrogens is 4. The molecule has 0 saturated carbocycles. The van der Waals surface area contributed by atoms with Gasteiger partial charge in [-0.3, -0.25) is 0 Å². The number of nitrogens with one attached hydrogen (secondary N) is 1. The molecular weight excluding hydrogens is 454 g/mol. The van der Waals surface area contributed by atoms with E-state index in [1.165, 1.54) is 16.5 Å². The van der Waals surface area contributed by atoms with Crippen LogP contribution in [0.3, 0.4) is 0 Å². The van der Waals surface area contributed by atoms with Crippen molar-refractivity contribution in [2.24, 2.45) is 0 Å². The van der Waals surface area contributed by atoms with Gasteiger partial charge in [-0.15, -0.1) is 0 Å². The molecule has 3 amide bonds. The van der Waals surface area contributed by atoms with Gasteiger partial charge < -0.3 is 19.5 Å². The second kappa shape index (κ2) is 9.33. The van der Waals surface area contributed by atoms with Gasteiger partial charge in [-0.2, -0.15) is 0 Å². The van der Waals surface area contributed by atoms with E-state index in [4.69, 9.17) is 9.57 Å². The third-order valence-corrected chi connectivity index (χ3v) is 4.93. The van der Waals surface area contributed by atoms with Gasteiger partial charge in [0.1, 0.15) is 0 Å². The van der Waals surface area contributed by atoms with Crippen LogP contribution in [0.15, 0.2) is 48.5 Å². The van der Waals surface area contributed by atoms with Crippen LogP contribution < -0.4 is 9.96 Å². The summed E-state index contributed by atoms with van der Waals surface area (Å²) < 4.78 is 6.53. The van der Waals surface area contributed by atoms with Crippen LogP contribution in [0.1, 0.15) is 13.8 Å². The molecule has 0 fully saturated rings. The first kappa shape index (κ1) is 23.5. The molecule has 2 heterocycles. The van der Waals surface area contributed by atoms with Gasteiger partial charge in [-0.25, -0.2) is 33.8 Å². The highest BCUT2D eigenvalue weighted by Crippen LogP contribution is 2.24. The predicted molar refractivity (Wildman–Crippen MR) is 129 cm³/mol. The highest BCUT2D eigenvalue weighted by Gasteiger charge is 2.31. The Bertz CT molecular complexity index is 1370. The standard InChI is InChI=1S/C23H25N7O5/c1-14(2)34-23(33)30(19-24-15-10-6-7-11-16(15)25-19)35-22(32)28(5)20-26-17-12-8-9-13-18(17)29(20)21(31)27(3)4/h6-14H,1-5H3,(H,24,25). The molecule has 1 N–H and O–H groups in total. The molecule has 182 valence electrons. The second-order valence-electron chi connectivity index (χ2n) is 8.13. The molecule has 12 heteroatoms. The topological polar surface area (TPSA) is 126 Å². The van der Waals surface area contributed by atoms with E-state index in [2.05, 4.69) is 15.0 Å². The minimum atomic E-state index is -0.991. The van der Waals surface area contributed by atoms with Gasteiger partial charge in [0.25, 0.3) is 0 Å². The van der Waals surface area contributed by atoms with E-state index in [1.54, 1.807) is 76.5 Å². The zero-order valence-electron chi connectivity index (χ0n) is 19.9. The normalized spacial score (nSPS) is 11.0. The Hall–Kier alpha value is -4.61. The van der Waals surface area contributed by atoms with Gasteiger partial charge in [-0.05, 0) is 38.1 Å². The lowest BCUT2D eigenvalue weighted by Crippen LogP contribution is -2.42. The number of benzene rings is 2. The number of para-hydroxylation sites is 4. The molecule has 2 aromatic heterocycles. The molecule has 0 radical (unpaired) electrons. The zero-order valence-corrected chi connectivity index (χ0v) is 19.9. The lowest BCUT2D eigenvalue weighted by atomic mass is 10.3. The van der Waals surface area contributed by atoms with Crippen LogP contribution in [-0.2, 0) is 9.57 Å². The molecular formula is C23H25N7O5. The monoisotopic (exact) mass is 479 g/mol. The first-order chi connectivity index (χ1) is 16.7. The number of hydrogen-bond donors (Lipinski definition) is 1. The average Bonchev–Trinajstić information content (AvgIpc) is 3.42. The Kier molecular flexibility index (Phi) is 6.28. The minimum absolute atomic E-state index is 0.0108. The number of ether oxygens (including phenoxy) is 1. The first-order valence-corrected chi connectivity index (χ1v) is 10.8. The maximum absolute atomic E-state index is 13.2. The van der Waals surface area contributed by atoms with Gasteiger partial charge >= 0.3 is 18.2 Å². The number of amides is 3. The summed E-state index contributed by atoms with van der Waals surface area (Å²) >= 11 is 0. The summed E-state index contributed by atoms with van der Waals surface area (Å²) in [5.74, 6) is -0.0341. The summed E-state index contributed by atoms with van der Waals surface area (Å²) in [4.78, 5) is 58.4. The molecule has 2 aromatic carbocycles. The molecule has 12 nitrogen and oxygen atoms in total. The number of imidazole rings is 2. The van der Waals surface area contributed by atoms with Crippen LogP contribution in [0.25, 0.3) is 22.1 Å². The van der Waals surface area contributed by atoms with E-state index in [9.17, 15) is 14.4 Å². The summed E-state index contributed by atoms with van der Waals surface area (Å²) in [5, 5.41) is 0.638. The van der Waals surface area contributed by atoms with Crippen LogP contribution in [0.2, 0.25) is 0 Å². The number of anilines is 2. The van der Waals surface area contributed by atoms with Crippen LogP contribution >= 0.6 is 0 Å². The van der Waals surface area contributed by atoms with Crippen LogP contribution in [0.5, 0.6) is 0 Å². The summed E-state index contributed by atoms with van der Waals surface area (Å²) in [6.45, 7) is 3.33. The molecule has 0 atom stereocenters. The van der Waals surface area contributed by atoms with Gasteiger partial charge in [0.2, 0.25) is 11.9 Å². The number of fused-ring (bicyclic) bond motifs is 2. The number of H-pyrrole nitrogens is 1. The van der Waals surface area contributed by atoms with Crippen LogP contribution in [0, 0.1) is 0 Å². The fraction of sp³-hybridized carbons (Fsp3) is 0.261. The molecule has 0 saturated heterocycles. The van der Waals surface area contributed by atoms with E-state index in [-0.39, 0.29) is 11.9 Å². The first-order valence-electron chi connectivity index (χ1n) is 10.8. The third kappa shape index (κ3) is 4.58. The van der Waals surface area contributed by atoms with Crippen molar-refractivity contribution in [2.45, 2.75) is 20.0 Å². The van der Waals surface area contributed by atoms with Gasteiger partial charge in [0, 0.05) is 21.1 Å². The summed E-state index contributed by atoms with van der Waals surface area (Å²) in [6, 6.07) is 13.6. The lowest BCUT2D eigenvalue weighted by Gasteiger charge is -2.23. The smallest absolute Gasteiger partial charge is 0.444 e. The minimum Gasteiger partial charge on any atom is -0.444 e. The number of aromatic amines is 1. The lowest BCUT2D eigenvalue weighted by molar-refractivity contribution is 0.0811. The van der Waals surface area contributed by atoms with Gasteiger partial charge in [0.15, 0.2) is 0 Å². The third-order valence-electron chi connectivity index (χ3n) is 4.93. The van der Waals surface area contributed by atoms with E-state index >= 15 is 0 Å². The quantitative estimate of drug-likeness (QED) is 0.441. The summed E-state index contributed by atoms with van der Waals surface area (Å²) in [5.41, 5.74) is 2.21. The molecule has 0 aliphatic rings. The van der Waals surface area contributed by atoms with Crippen molar-refractivity contribution in [3.63, 3.8) is 0 Å². The number of nitrogens with zero attached hydrogens (tertiary/aromatic N) is 6. The molecule has 0 aliphatic heterocycles. The van der Waals surface area contributed by atoms with E-state index in [1.807, 2.05) is 0 Å². The average molecular weight is 479 g/mol. The highest BCUT2D eigenvalue weighted by atomic mass is 16.8. The molecule has 0 unspecified atom stereocenters. The fourth-order valence-corrected chi connectivity index (χ4v) is 3.30. The van der Waals surface area contributed by atoms with E-state index in [0.717, 1.165) is 4.90 Å². The Morgan fingerprint density at radius 3 is 2.23 bits per heavy atom.